The summed E-state index contributed by atoms with van der Waals surface area (Å²) in [5, 5.41) is 2.70. The number of hydrogen-bond donors (Lipinski definition) is 1. The largest absolute Gasteiger partial charge is 0.491 e. The Balaban J connectivity index is 1.90. The number of nitrogens with one attached hydrogen (secondary N) is 1. The molecule has 3 amide bonds. The van der Waals surface area contributed by atoms with Crippen LogP contribution in [0.3, 0.4) is 0 Å². The highest BCUT2D eigenvalue weighted by atomic mass is 16.5. The SMILES string of the molecule is Cc1ccccc1OCCN1C(=O)N[C@H](C(C)C)C1=O. The van der Waals surface area contributed by atoms with Crippen molar-refractivity contribution in [1.29, 1.82) is 0 Å². The molecule has 0 unspecified atom stereocenters. The molecule has 0 saturated carbocycles. The van der Waals surface area contributed by atoms with Crippen molar-refractivity contribution in [2.75, 3.05) is 13.2 Å². The number of aryl methyl sites for hydroxylation is 1. The summed E-state index contributed by atoms with van der Waals surface area (Å²) < 4.78 is 5.62. The van der Waals surface area contributed by atoms with Crippen molar-refractivity contribution < 1.29 is 14.3 Å². The predicted molar refractivity (Wildman–Crippen MR) is 75.5 cm³/mol. The Hall–Kier alpha value is -2.04. The lowest BCUT2D eigenvalue weighted by atomic mass is 10.1. The van der Waals surface area contributed by atoms with Gasteiger partial charge < -0.3 is 10.1 Å². The third-order valence-electron chi connectivity index (χ3n) is 3.39. The molecule has 5 nitrogen and oxygen atoms in total. The molecule has 2 rings (SSSR count). The van der Waals surface area contributed by atoms with E-state index in [2.05, 4.69) is 5.32 Å². The van der Waals surface area contributed by atoms with E-state index in [0.717, 1.165) is 11.3 Å². The summed E-state index contributed by atoms with van der Waals surface area (Å²) in [6.45, 7) is 6.35. The Morgan fingerprint density at radius 1 is 1.30 bits per heavy atom. The number of carbonyl (C=O) groups is 2. The Morgan fingerprint density at radius 2 is 2.00 bits per heavy atom. The van der Waals surface area contributed by atoms with Gasteiger partial charge in [-0.2, -0.15) is 0 Å². The van der Waals surface area contributed by atoms with Crippen LogP contribution < -0.4 is 10.1 Å². The number of carbonyl (C=O) groups excluding carboxylic acids is 2. The van der Waals surface area contributed by atoms with Crippen molar-refractivity contribution in [3.05, 3.63) is 29.8 Å². The number of imide groups is 1. The molecule has 1 aliphatic rings. The van der Waals surface area contributed by atoms with Crippen molar-refractivity contribution in [2.24, 2.45) is 5.92 Å². The van der Waals surface area contributed by atoms with Crippen LogP contribution in [0.5, 0.6) is 5.75 Å². The second kappa shape index (κ2) is 5.94. The zero-order chi connectivity index (χ0) is 14.7. The molecule has 1 aliphatic heterocycles. The number of nitrogens with zero attached hydrogens (tertiary/aromatic N) is 1. The highest BCUT2D eigenvalue weighted by Gasteiger charge is 2.39. The van der Waals surface area contributed by atoms with Crippen LogP contribution in [0.25, 0.3) is 0 Å². The Bertz CT molecular complexity index is 514. The third kappa shape index (κ3) is 2.92. The van der Waals surface area contributed by atoms with Crippen LogP contribution in [0.15, 0.2) is 24.3 Å². The van der Waals surface area contributed by atoms with Gasteiger partial charge in [0, 0.05) is 0 Å². The summed E-state index contributed by atoms with van der Waals surface area (Å²) in [5.74, 6) is 0.701. The van der Waals surface area contributed by atoms with Crippen molar-refractivity contribution in [1.82, 2.24) is 10.2 Å². The number of para-hydroxylation sites is 1. The monoisotopic (exact) mass is 276 g/mol. The average Bonchev–Trinajstić information content (AvgIpc) is 2.68. The number of amides is 3. The first-order valence-electron chi connectivity index (χ1n) is 6.81. The van der Waals surface area contributed by atoms with Crippen LogP contribution in [0.2, 0.25) is 0 Å². The predicted octanol–water partition coefficient (Wildman–Crippen LogP) is 1.95. The first-order chi connectivity index (χ1) is 9.50. The van der Waals surface area contributed by atoms with Gasteiger partial charge >= 0.3 is 6.03 Å². The van der Waals surface area contributed by atoms with Crippen LogP contribution in [-0.2, 0) is 4.79 Å². The van der Waals surface area contributed by atoms with Crippen molar-refractivity contribution in [2.45, 2.75) is 26.8 Å². The van der Waals surface area contributed by atoms with E-state index in [-0.39, 0.29) is 24.4 Å². The molecule has 20 heavy (non-hydrogen) atoms. The number of urea groups is 1. The minimum absolute atomic E-state index is 0.0914. The first kappa shape index (κ1) is 14.4. The van der Waals surface area contributed by atoms with E-state index < -0.39 is 6.04 Å². The summed E-state index contributed by atoms with van der Waals surface area (Å²) in [4.78, 5) is 25.0. The van der Waals surface area contributed by atoms with Gasteiger partial charge in [-0.15, -0.1) is 0 Å². The molecule has 1 aromatic carbocycles. The van der Waals surface area contributed by atoms with Gasteiger partial charge in [-0.1, -0.05) is 32.0 Å². The maximum Gasteiger partial charge on any atom is 0.324 e. The van der Waals surface area contributed by atoms with E-state index in [1.165, 1.54) is 4.90 Å². The van der Waals surface area contributed by atoms with E-state index >= 15 is 0 Å². The molecule has 5 heteroatoms. The van der Waals surface area contributed by atoms with Gasteiger partial charge in [0.05, 0.1) is 6.54 Å². The topological polar surface area (TPSA) is 58.6 Å². The van der Waals surface area contributed by atoms with E-state index in [0.29, 0.717) is 6.61 Å². The lowest BCUT2D eigenvalue weighted by Gasteiger charge is -2.15. The number of hydrogen-bond acceptors (Lipinski definition) is 3. The Morgan fingerprint density at radius 3 is 2.60 bits per heavy atom. The van der Waals surface area contributed by atoms with Crippen molar-refractivity contribution in [3.8, 4) is 5.75 Å². The molecule has 0 bridgehead atoms. The van der Waals surface area contributed by atoms with E-state index in [1.54, 1.807) is 0 Å². The van der Waals surface area contributed by atoms with E-state index in [4.69, 9.17) is 4.74 Å². The van der Waals surface area contributed by atoms with Crippen LogP contribution >= 0.6 is 0 Å². The minimum Gasteiger partial charge on any atom is -0.491 e. The van der Waals surface area contributed by atoms with Crippen LogP contribution in [0, 0.1) is 12.8 Å². The van der Waals surface area contributed by atoms with Gasteiger partial charge in [0.1, 0.15) is 18.4 Å². The first-order valence-corrected chi connectivity index (χ1v) is 6.81. The van der Waals surface area contributed by atoms with Crippen LogP contribution in [-0.4, -0.2) is 36.0 Å². The molecule has 1 aromatic rings. The second-order valence-corrected chi connectivity index (χ2v) is 5.28. The molecule has 1 N–H and O–H groups in total. The molecule has 1 heterocycles. The van der Waals surface area contributed by atoms with Gasteiger partial charge in [0.25, 0.3) is 5.91 Å². The maximum absolute atomic E-state index is 12.1. The smallest absolute Gasteiger partial charge is 0.324 e. The van der Waals surface area contributed by atoms with Gasteiger partial charge in [0.2, 0.25) is 0 Å². The standard InChI is InChI=1S/C15H20N2O3/c1-10(2)13-14(18)17(15(19)16-13)8-9-20-12-7-5-4-6-11(12)3/h4-7,10,13H,8-9H2,1-3H3,(H,16,19)/t13-/m1/s1. The van der Waals surface area contributed by atoms with E-state index in [9.17, 15) is 9.59 Å². The summed E-state index contributed by atoms with van der Waals surface area (Å²) in [6.07, 6.45) is 0. The highest BCUT2D eigenvalue weighted by Crippen LogP contribution is 2.17. The fourth-order valence-corrected chi connectivity index (χ4v) is 2.17. The zero-order valence-electron chi connectivity index (χ0n) is 12.1. The van der Waals surface area contributed by atoms with Gasteiger partial charge in [-0.3, -0.25) is 9.69 Å². The fraction of sp³-hybridized carbons (Fsp3) is 0.467. The molecule has 1 fully saturated rings. The summed E-state index contributed by atoms with van der Waals surface area (Å²) in [6, 6.07) is 6.91. The molecule has 108 valence electrons. The quantitative estimate of drug-likeness (QED) is 0.836. The van der Waals surface area contributed by atoms with Crippen LogP contribution in [0.1, 0.15) is 19.4 Å². The van der Waals surface area contributed by atoms with Gasteiger partial charge in [0.15, 0.2) is 0 Å². The fourth-order valence-electron chi connectivity index (χ4n) is 2.17. The Labute approximate surface area is 118 Å². The summed E-state index contributed by atoms with van der Waals surface area (Å²) in [7, 11) is 0. The van der Waals surface area contributed by atoms with Crippen molar-refractivity contribution >= 4 is 11.9 Å². The van der Waals surface area contributed by atoms with Crippen LogP contribution in [0.4, 0.5) is 4.79 Å². The second-order valence-electron chi connectivity index (χ2n) is 5.28. The third-order valence-corrected chi connectivity index (χ3v) is 3.39. The highest BCUT2D eigenvalue weighted by molar-refractivity contribution is 6.04. The normalized spacial score (nSPS) is 18.6. The lowest BCUT2D eigenvalue weighted by molar-refractivity contribution is -0.128. The van der Waals surface area contributed by atoms with Gasteiger partial charge in [-0.25, -0.2) is 4.79 Å². The zero-order valence-corrected chi connectivity index (χ0v) is 12.1. The number of rotatable bonds is 5. The molecular formula is C15H20N2O3. The molecule has 1 atom stereocenters. The van der Waals surface area contributed by atoms with E-state index in [1.807, 2.05) is 45.0 Å². The molecule has 0 radical (unpaired) electrons. The minimum atomic E-state index is -0.416. The van der Waals surface area contributed by atoms with Gasteiger partial charge in [-0.05, 0) is 24.5 Å². The number of ether oxygens (including phenoxy) is 1. The summed E-state index contributed by atoms with van der Waals surface area (Å²) in [5.41, 5.74) is 1.03. The molecule has 0 aliphatic carbocycles. The molecule has 0 aromatic heterocycles. The Kier molecular flexibility index (Phi) is 4.27. The number of benzene rings is 1. The summed E-state index contributed by atoms with van der Waals surface area (Å²) >= 11 is 0. The average molecular weight is 276 g/mol. The molecule has 1 saturated heterocycles. The maximum atomic E-state index is 12.1. The molecular weight excluding hydrogens is 256 g/mol. The lowest BCUT2D eigenvalue weighted by Crippen LogP contribution is -2.36. The molecule has 0 spiro atoms. The van der Waals surface area contributed by atoms with Crippen molar-refractivity contribution in [3.63, 3.8) is 0 Å².